The highest BCUT2D eigenvalue weighted by Gasteiger charge is 2.06. The second-order valence-electron chi connectivity index (χ2n) is 4.43. The third-order valence-electron chi connectivity index (χ3n) is 2.41. The van der Waals surface area contributed by atoms with Gasteiger partial charge in [-0.25, -0.2) is 0 Å². The molecule has 0 fully saturated rings. The fourth-order valence-electron chi connectivity index (χ4n) is 1.54. The molecule has 0 aliphatic carbocycles. The van der Waals surface area contributed by atoms with Gasteiger partial charge >= 0.3 is 0 Å². The fourth-order valence-corrected chi connectivity index (χ4v) is 2.82. The van der Waals surface area contributed by atoms with Crippen LogP contribution in [-0.4, -0.2) is 16.2 Å². The van der Waals surface area contributed by atoms with Crippen LogP contribution >= 0.6 is 27.3 Å². The molecule has 0 radical (unpaired) electrons. The Bertz CT molecular complexity index is 510. The Morgan fingerprint density at radius 2 is 2.06 bits per heavy atom. The molecule has 0 atom stereocenters. The van der Waals surface area contributed by atoms with Crippen LogP contribution in [0, 0.1) is 0 Å². The van der Waals surface area contributed by atoms with E-state index in [4.69, 9.17) is 0 Å². The highest BCUT2D eigenvalue weighted by molar-refractivity contribution is 9.10. The Balaban J connectivity index is 1.98. The van der Waals surface area contributed by atoms with Crippen LogP contribution in [-0.2, 0) is 13.0 Å². The van der Waals surface area contributed by atoms with Crippen molar-refractivity contribution in [3.8, 4) is 0 Å². The molecule has 0 aliphatic rings. The largest absolute Gasteiger partial charge is 0.308 e. The molecule has 0 unspecified atom stereocenters. The van der Waals surface area contributed by atoms with Gasteiger partial charge in [0.1, 0.15) is 10.0 Å². The normalized spacial score (nSPS) is 11.1. The SMILES string of the molecule is CC(C)NCc1nnc(Cc2cccc(Br)c2)s1. The van der Waals surface area contributed by atoms with Gasteiger partial charge in [0.05, 0.1) is 0 Å². The van der Waals surface area contributed by atoms with Gasteiger partial charge in [-0.05, 0) is 17.7 Å². The number of benzene rings is 1. The first-order chi connectivity index (χ1) is 8.63. The molecule has 1 aromatic carbocycles. The molecule has 3 nitrogen and oxygen atoms in total. The van der Waals surface area contributed by atoms with Gasteiger partial charge in [-0.2, -0.15) is 0 Å². The Labute approximate surface area is 120 Å². The zero-order valence-electron chi connectivity index (χ0n) is 10.5. The topological polar surface area (TPSA) is 37.8 Å². The lowest BCUT2D eigenvalue weighted by atomic mass is 10.2. The average molecular weight is 326 g/mol. The van der Waals surface area contributed by atoms with Gasteiger partial charge < -0.3 is 5.32 Å². The monoisotopic (exact) mass is 325 g/mol. The van der Waals surface area contributed by atoms with Crippen molar-refractivity contribution in [3.63, 3.8) is 0 Å². The molecule has 18 heavy (non-hydrogen) atoms. The first-order valence-electron chi connectivity index (χ1n) is 5.92. The van der Waals surface area contributed by atoms with Crippen molar-refractivity contribution in [2.45, 2.75) is 32.9 Å². The average Bonchev–Trinajstić information content (AvgIpc) is 2.74. The molecule has 2 rings (SSSR count). The molecule has 5 heteroatoms. The predicted molar refractivity (Wildman–Crippen MR) is 78.8 cm³/mol. The Hall–Kier alpha value is -0.780. The van der Waals surface area contributed by atoms with E-state index in [0.29, 0.717) is 6.04 Å². The summed E-state index contributed by atoms with van der Waals surface area (Å²) in [4.78, 5) is 0. The van der Waals surface area contributed by atoms with Crippen LogP contribution in [0.5, 0.6) is 0 Å². The maximum Gasteiger partial charge on any atom is 0.131 e. The van der Waals surface area contributed by atoms with Crippen molar-refractivity contribution < 1.29 is 0 Å². The smallest absolute Gasteiger partial charge is 0.131 e. The molecule has 0 amide bonds. The maximum atomic E-state index is 4.23. The fraction of sp³-hybridized carbons (Fsp3) is 0.385. The Morgan fingerprint density at radius 3 is 2.78 bits per heavy atom. The summed E-state index contributed by atoms with van der Waals surface area (Å²) in [5.74, 6) is 0. The second kappa shape index (κ2) is 6.41. The minimum Gasteiger partial charge on any atom is -0.308 e. The molecule has 1 aromatic heterocycles. The molecule has 0 saturated heterocycles. The van der Waals surface area contributed by atoms with E-state index in [0.717, 1.165) is 27.5 Å². The standard InChI is InChI=1S/C13H16BrN3S/c1-9(2)15-8-13-17-16-12(18-13)7-10-4-3-5-11(14)6-10/h3-6,9,15H,7-8H2,1-2H3. The van der Waals surface area contributed by atoms with Crippen molar-refractivity contribution in [2.24, 2.45) is 0 Å². The lowest BCUT2D eigenvalue weighted by molar-refractivity contribution is 0.584. The molecule has 2 aromatic rings. The zero-order chi connectivity index (χ0) is 13.0. The van der Waals surface area contributed by atoms with E-state index >= 15 is 0 Å². The molecule has 0 bridgehead atoms. The third-order valence-corrected chi connectivity index (χ3v) is 3.83. The van der Waals surface area contributed by atoms with Crippen LogP contribution in [0.15, 0.2) is 28.7 Å². The lowest BCUT2D eigenvalue weighted by Gasteiger charge is -2.03. The molecular formula is C13H16BrN3S. The van der Waals surface area contributed by atoms with E-state index in [1.54, 1.807) is 11.3 Å². The third kappa shape index (κ3) is 4.15. The van der Waals surface area contributed by atoms with E-state index < -0.39 is 0 Å². The van der Waals surface area contributed by atoms with Crippen LogP contribution in [0.3, 0.4) is 0 Å². The van der Waals surface area contributed by atoms with Gasteiger partial charge in [-0.15, -0.1) is 10.2 Å². The number of halogens is 1. The van der Waals surface area contributed by atoms with Gasteiger partial charge in [0.25, 0.3) is 0 Å². The molecule has 96 valence electrons. The van der Waals surface area contributed by atoms with E-state index in [9.17, 15) is 0 Å². The minimum absolute atomic E-state index is 0.474. The van der Waals surface area contributed by atoms with Gasteiger partial charge in [-0.1, -0.05) is 53.2 Å². The quantitative estimate of drug-likeness (QED) is 0.915. The molecule has 0 aliphatic heterocycles. The molecular weight excluding hydrogens is 310 g/mol. The van der Waals surface area contributed by atoms with Crippen molar-refractivity contribution in [1.82, 2.24) is 15.5 Å². The molecule has 1 heterocycles. The number of nitrogens with zero attached hydrogens (tertiary/aromatic N) is 2. The summed E-state index contributed by atoms with van der Waals surface area (Å²) in [6.07, 6.45) is 0.846. The van der Waals surface area contributed by atoms with Crippen LogP contribution in [0.2, 0.25) is 0 Å². The highest BCUT2D eigenvalue weighted by Crippen LogP contribution is 2.17. The molecule has 1 N–H and O–H groups in total. The molecule has 0 spiro atoms. The zero-order valence-corrected chi connectivity index (χ0v) is 12.9. The van der Waals surface area contributed by atoms with Crippen molar-refractivity contribution in [3.05, 3.63) is 44.3 Å². The maximum absolute atomic E-state index is 4.23. The predicted octanol–water partition coefficient (Wildman–Crippen LogP) is 3.39. The van der Waals surface area contributed by atoms with Crippen LogP contribution < -0.4 is 5.32 Å². The number of hydrogen-bond donors (Lipinski definition) is 1. The number of hydrogen-bond acceptors (Lipinski definition) is 4. The summed E-state index contributed by atoms with van der Waals surface area (Å²) in [5.41, 5.74) is 1.25. The van der Waals surface area contributed by atoms with Crippen molar-refractivity contribution >= 4 is 27.3 Å². The van der Waals surface area contributed by atoms with Gasteiger partial charge in [0.15, 0.2) is 0 Å². The van der Waals surface area contributed by atoms with Crippen molar-refractivity contribution in [1.29, 1.82) is 0 Å². The number of aromatic nitrogens is 2. The minimum atomic E-state index is 0.474. The van der Waals surface area contributed by atoms with E-state index in [-0.39, 0.29) is 0 Å². The first-order valence-corrected chi connectivity index (χ1v) is 7.53. The van der Waals surface area contributed by atoms with Crippen LogP contribution in [0.1, 0.15) is 29.4 Å². The Morgan fingerprint density at radius 1 is 1.28 bits per heavy atom. The van der Waals surface area contributed by atoms with E-state index in [1.165, 1.54) is 5.56 Å². The van der Waals surface area contributed by atoms with Gasteiger partial charge in [-0.3, -0.25) is 0 Å². The molecule has 0 saturated carbocycles. The second-order valence-corrected chi connectivity index (χ2v) is 6.49. The summed E-state index contributed by atoms with van der Waals surface area (Å²) in [7, 11) is 0. The summed E-state index contributed by atoms with van der Waals surface area (Å²) < 4.78 is 1.10. The Kier molecular flexibility index (Phi) is 4.86. The van der Waals surface area contributed by atoms with Gasteiger partial charge in [0, 0.05) is 23.5 Å². The summed E-state index contributed by atoms with van der Waals surface area (Å²) in [6, 6.07) is 8.77. The van der Waals surface area contributed by atoms with Crippen LogP contribution in [0.25, 0.3) is 0 Å². The highest BCUT2D eigenvalue weighted by atomic mass is 79.9. The summed E-state index contributed by atoms with van der Waals surface area (Å²) >= 11 is 5.15. The van der Waals surface area contributed by atoms with E-state index in [2.05, 4.69) is 57.4 Å². The van der Waals surface area contributed by atoms with Gasteiger partial charge in [0.2, 0.25) is 0 Å². The number of rotatable bonds is 5. The number of nitrogens with one attached hydrogen (secondary N) is 1. The first kappa shape index (κ1) is 13.6. The lowest BCUT2D eigenvalue weighted by Crippen LogP contribution is -2.21. The summed E-state index contributed by atoms with van der Waals surface area (Å²) in [5, 5.41) is 13.9. The van der Waals surface area contributed by atoms with Crippen molar-refractivity contribution in [2.75, 3.05) is 0 Å². The van der Waals surface area contributed by atoms with E-state index in [1.807, 2.05) is 12.1 Å². The van der Waals surface area contributed by atoms with Crippen LogP contribution in [0.4, 0.5) is 0 Å². The summed E-state index contributed by atoms with van der Waals surface area (Å²) in [6.45, 7) is 5.06.